The Morgan fingerprint density at radius 1 is 1.28 bits per heavy atom. The van der Waals surface area contributed by atoms with Gasteiger partial charge in [0, 0.05) is 12.1 Å². The second-order valence-corrected chi connectivity index (χ2v) is 6.23. The summed E-state index contributed by atoms with van der Waals surface area (Å²) >= 11 is 0. The van der Waals surface area contributed by atoms with Crippen molar-refractivity contribution in [3.63, 3.8) is 0 Å². The molecule has 0 fully saturated rings. The molecule has 0 aromatic heterocycles. The van der Waals surface area contributed by atoms with E-state index in [2.05, 4.69) is 5.32 Å². The van der Waals surface area contributed by atoms with Gasteiger partial charge in [-0.2, -0.15) is 0 Å². The van der Waals surface area contributed by atoms with Crippen molar-refractivity contribution in [2.45, 2.75) is 24.7 Å². The van der Waals surface area contributed by atoms with Crippen LogP contribution in [0, 0.1) is 5.82 Å². The molecule has 0 amide bonds. The first-order chi connectivity index (χ1) is 11.6. The minimum absolute atomic E-state index is 0. The number of hydrogen-bond acceptors (Lipinski definition) is 4. The highest BCUT2D eigenvalue weighted by atomic mass is 79.9. The molecule has 1 aliphatic heterocycles. The Hall–Kier alpha value is -1.79. The molecule has 3 rings (SSSR count). The lowest BCUT2D eigenvalue weighted by atomic mass is 9.82. The number of nitrogens with one attached hydrogen (secondary N) is 1. The Labute approximate surface area is 157 Å². The van der Waals surface area contributed by atoms with E-state index < -0.39 is 0 Å². The van der Waals surface area contributed by atoms with E-state index in [1.807, 2.05) is 13.1 Å². The molecule has 0 saturated heterocycles. The lowest BCUT2D eigenvalue weighted by Crippen LogP contribution is -2.22. The number of ether oxygens (including phenoxy) is 1. The molecule has 25 heavy (non-hydrogen) atoms. The second-order valence-electron chi connectivity index (χ2n) is 6.23. The van der Waals surface area contributed by atoms with Crippen molar-refractivity contribution < 1.29 is 19.3 Å². The van der Waals surface area contributed by atoms with Gasteiger partial charge in [0.2, 0.25) is 5.75 Å². The standard InChI is InChI=1S/C19H22FNO3.BrH/c1-21-11-14(12-3-2-4-15(20)10-12)9-13-7-8-24-19-16(13)5-6-17(22)18(19)23;/h2-6,10,13-14,21-23H,7-9,11H2,1H3;1H. The number of likely N-dealkylation sites (N-methyl/N-ethyl adjacent to an activating group) is 1. The van der Waals surface area contributed by atoms with Crippen molar-refractivity contribution in [1.29, 1.82) is 0 Å². The van der Waals surface area contributed by atoms with E-state index >= 15 is 0 Å². The van der Waals surface area contributed by atoms with Crippen LogP contribution < -0.4 is 10.1 Å². The van der Waals surface area contributed by atoms with Gasteiger partial charge in [0.15, 0.2) is 11.5 Å². The van der Waals surface area contributed by atoms with Crippen molar-refractivity contribution in [3.8, 4) is 17.2 Å². The summed E-state index contributed by atoms with van der Waals surface area (Å²) in [5.41, 5.74) is 1.86. The second kappa shape index (κ2) is 8.54. The number of halogens is 2. The van der Waals surface area contributed by atoms with E-state index in [9.17, 15) is 14.6 Å². The Morgan fingerprint density at radius 2 is 2.08 bits per heavy atom. The zero-order chi connectivity index (χ0) is 17.1. The minimum atomic E-state index is -0.233. The highest BCUT2D eigenvalue weighted by Gasteiger charge is 2.28. The lowest BCUT2D eigenvalue weighted by Gasteiger charge is -2.30. The highest BCUT2D eigenvalue weighted by Crippen LogP contribution is 2.47. The van der Waals surface area contributed by atoms with Crippen molar-refractivity contribution in [2.75, 3.05) is 20.2 Å². The van der Waals surface area contributed by atoms with Gasteiger partial charge in [-0.1, -0.05) is 18.2 Å². The van der Waals surface area contributed by atoms with Crippen LogP contribution >= 0.6 is 17.0 Å². The molecule has 2 unspecified atom stereocenters. The summed E-state index contributed by atoms with van der Waals surface area (Å²) in [6.45, 7) is 1.23. The van der Waals surface area contributed by atoms with E-state index in [-0.39, 0.29) is 46.1 Å². The van der Waals surface area contributed by atoms with Crippen LogP contribution in [-0.2, 0) is 0 Å². The van der Waals surface area contributed by atoms with Gasteiger partial charge >= 0.3 is 0 Å². The zero-order valence-electron chi connectivity index (χ0n) is 14.0. The van der Waals surface area contributed by atoms with E-state index in [1.165, 1.54) is 12.1 Å². The maximum atomic E-state index is 13.6. The van der Waals surface area contributed by atoms with E-state index in [0.29, 0.717) is 12.4 Å². The summed E-state index contributed by atoms with van der Waals surface area (Å²) in [6.07, 6.45) is 1.64. The number of hydrogen-bond donors (Lipinski definition) is 3. The Bertz CT molecular complexity index is 726. The van der Waals surface area contributed by atoms with Gasteiger partial charge in [-0.3, -0.25) is 0 Å². The van der Waals surface area contributed by atoms with Crippen molar-refractivity contribution in [2.24, 2.45) is 0 Å². The predicted molar refractivity (Wildman–Crippen MR) is 101 cm³/mol. The van der Waals surface area contributed by atoms with Crippen molar-refractivity contribution in [3.05, 3.63) is 53.3 Å². The number of aromatic hydroxyl groups is 2. The number of phenols is 2. The fourth-order valence-electron chi connectivity index (χ4n) is 3.44. The molecule has 0 bridgehead atoms. The third kappa shape index (κ3) is 4.25. The van der Waals surface area contributed by atoms with Crippen LogP contribution in [0.4, 0.5) is 4.39 Å². The molecular formula is C19H23BrFNO3. The number of rotatable bonds is 5. The maximum Gasteiger partial charge on any atom is 0.200 e. The van der Waals surface area contributed by atoms with Crippen LogP contribution in [0.25, 0.3) is 0 Å². The third-order valence-corrected chi connectivity index (χ3v) is 4.63. The van der Waals surface area contributed by atoms with Crippen LogP contribution in [0.15, 0.2) is 36.4 Å². The monoisotopic (exact) mass is 411 g/mol. The fourth-order valence-corrected chi connectivity index (χ4v) is 3.44. The molecule has 0 aliphatic carbocycles. The van der Waals surface area contributed by atoms with Crippen LogP contribution in [0.1, 0.15) is 35.8 Å². The Kier molecular flexibility index (Phi) is 6.67. The van der Waals surface area contributed by atoms with Crippen molar-refractivity contribution >= 4 is 17.0 Å². The Morgan fingerprint density at radius 3 is 2.80 bits per heavy atom. The first kappa shape index (κ1) is 19.5. The topological polar surface area (TPSA) is 61.7 Å². The van der Waals surface area contributed by atoms with E-state index in [1.54, 1.807) is 18.2 Å². The first-order valence-electron chi connectivity index (χ1n) is 8.17. The van der Waals surface area contributed by atoms with Crippen LogP contribution in [-0.4, -0.2) is 30.4 Å². The SMILES string of the molecule is Br.CNCC(CC1CCOc2c1ccc(O)c2O)c1cccc(F)c1. The average molecular weight is 412 g/mol. The first-order valence-corrected chi connectivity index (χ1v) is 8.17. The summed E-state index contributed by atoms with van der Waals surface area (Å²) in [7, 11) is 1.88. The molecule has 2 aromatic carbocycles. The Balaban J connectivity index is 0.00000225. The molecule has 1 heterocycles. The number of fused-ring (bicyclic) bond motifs is 1. The molecule has 6 heteroatoms. The third-order valence-electron chi connectivity index (χ3n) is 4.63. The number of benzene rings is 2. The molecule has 4 nitrogen and oxygen atoms in total. The lowest BCUT2D eigenvalue weighted by molar-refractivity contribution is 0.243. The van der Waals surface area contributed by atoms with Gasteiger partial charge in [0.1, 0.15) is 5.82 Å². The molecule has 3 N–H and O–H groups in total. The van der Waals surface area contributed by atoms with Crippen molar-refractivity contribution in [1.82, 2.24) is 5.32 Å². The fraction of sp³-hybridized carbons (Fsp3) is 0.368. The molecular weight excluding hydrogens is 389 g/mol. The molecule has 0 radical (unpaired) electrons. The normalized spacial score (nSPS) is 17.1. The minimum Gasteiger partial charge on any atom is -0.504 e. The smallest absolute Gasteiger partial charge is 0.200 e. The molecule has 1 aliphatic rings. The van der Waals surface area contributed by atoms with Gasteiger partial charge < -0.3 is 20.3 Å². The van der Waals surface area contributed by atoms with Crippen LogP contribution in [0.3, 0.4) is 0 Å². The quantitative estimate of drug-likeness (QED) is 0.648. The van der Waals surface area contributed by atoms with Crippen LogP contribution in [0.5, 0.6) is 17.2 Å². The summed E-state index contributed by atoms with van der Waals surface area (Å²) in [4.78, 5) is 0. The average Bonchev–Trinajstić information content (AvgIpc) is 2.58. The van der Waals surface area contributed by atoms with Gasteiger partial charge in [-0.15, -0.1) is 17.0 Å². The summed E-state index contributed by atoms with van der Waals surface area (Å²) < 4.78 is 19.1. The van der Waals surface area contributed by atoms with E-state index in [0.717, 1.165) is 30.5 Å². The van der Waals surface area contributed by atoms with E-state index in [4.69, 9.17) is 4.74 Å². The zero-order valence-corrected chi connectivity index (χ0v) is 15.7. The largest absolute Gasteiger partial charge is 0.504 e. The number of phenolic OH excluding ortho intramolecular Hbond substituents is 2. The van der Waals surface area contributed by atoms with Crippen LogP contribution in [0.2, 0.25) is 0 Å². The summed E-state index contributed by atoms with van der Waals surface area (Å²) in [5, 5.41) is 22.8. The maximum absolute atomic E-state index is 13.6. The summed E-state index contributed by atoms with van der Waals surface area (Å²) in [6, 6.07) is 10.00. The van der Waals surface area contributed by atoms with Gasteiger partial charge in [-0.25, -0.2) is 4.39 Å². The van der Waals surface area contributed by atoms with Gasteiger partial charge in [-0.05, 0) is 55.5 Å². The molecule has 0 spiro atoms. The van der Waals surface area contributed by atoms with Gasteiger partial charge in [0.25, 0.3) is 0 Å². The molecule has 2 atom stereocenters. The predicted octanol–water partition coefficient (Wildman–Crippen LogP) is 4.07. The van der Waals surface area contributed by atoms with Gasteiger partial charge in [0.05, 0.1) is 6.61 Å². The summed E-state index contributed by atoms with van der Waals surface area (Å²) in [5.74, 6) is 0.0936. The highest BCUT2D eigenvalue weighted by molar-refractivity contribution is 8.93. The molecule has 136 valence electrons. The molecule has 2 aromatic rings. The molecule has 0 saturated carbocycles.